The molecule has 480 valence electrons. The van der Waals surface area contributed by atoms with Crippen molar-refractivity contribution < 1.29 is 35.9 Å². The van der Waals surface area contributed by atoms with Crippen LogP contribution in [0.25, 0.3) is 68.7 Å². The number of hydrogen-bond donors (Lipinski definition) is 0. The largest absolute Gasteiger partial charge is 0.447 e. The van der Waals surface area contributed by atoms with Gasteiger partial charge < -0.3 is 17.7 Å². The zero-order valence-electron chi connectivity index (χ0n) is 59.2. The normalized spacial score (nSPS) is 14.1. The van der Waals surface area contributed by atoms with Crippen LogP contribution in [0.2, 0.25) is 27.3 Å². The molecule has 0 saturated carbocycles. The van der Waals surface area contributed by atoms with Crippen LogP contribution in [0.15, 0.2) is 162 Å². The SMILES string of the molecule is CB1c2oc3nc(C)ccc3c2C=C(C)N1c1cc(C)c(C)c[n+]1C.CB1c2oc3nc(C)ccc3c2C=C(C)N1c1cc(C)cc[n+]1C.CB1c2oc3nc(C)ccc3c2C=C(C)N1c1ccc(C)c[n+]1C.CB1c2oc3nc(C)ccc3c2C=C(C)N1c1cccc[n+]1C. The Balaban J connectivity index is 0.000000116. The highest BCUT2D eigenvalue weighted by Crippen LogP contribution is 2.35. The first kappa shape index (κ1) is 64.5. The second-order valence-corrected chi connectivity index (χ2v) is 26.7. The molecule has 0 saturated heterocycles. The minimum absolute atomic E-state index is 0.114. The van der Waals surface area contributed by atoms with Crippen molar-refractivity contribution in [2.75, 3.05) is 19.2 Å². The van der Waals surface area contributed by atoms with E-state index < -0.39 is 0 Å². The molecule has 0 aliphatic carbocycles. The van der Waals surface area contributed by atoms with Gasteiger partial charge in [-0.25, -0.2) is 38.2 Å². The number of allylic oxidation sites excluding steroid dienone is 4. The van der Waals surface area contributed by atoms with E-state index in [9.17, 15) is 0 Å². The number of pyridine rings is 8. The summed E-state index contributed by atoms with van der Waals surface area (Å²) in [7, 11) is 8.32. The summed E-state index contributed by atoms with van der Waals surface area (Å²) in [6.45, 7) is 34.3. The van der Waals surface area contributed by atoms with Crippen LogP contribution in [0, 0.1) is 55.4 Å². The number of aromatic nitrogens is 8. The minimum atomic E-state index is 0.114. The summed E-state index contributed by atoms with van der Waals surface area (Å²) in [5, 5.41) is 4.37. The number of fused-ring (bicyclic) bond motifs is 12. The quantitative estimate of drug-likeness (QED) is 0.123. The van der Waals surface area contributed by atoms with Crippen LogP contribution < -0.4 is 60.2 Å². The van der Waals surface area contributed by atoms with Crippen molar-refractivity contribution in [3.8, 4) is 0 Å². The predicted octanol–water partition coefficient (Wildman–Crippen LogP) is 11.9. The number of nitrogens with zero attached hydrogens (tertiary/aromatic N) is 12. The van der Waals surface area contributed by atoms with Crippen LogP contribution in [-0.4, -0.2) is 47.3 Å². The Morgan fingerprint density at radius 1 is 0.323 bits per heavy atom. The van der Waals surface area contributed by atoms with E-state index in [1.807, 2.05) is 58.0 Å². The highest BCUT2D eigenvalue weighted by atomic mass is 16.4. The van der Waals surface area contributed by atoms with Gasteiger partial charge in [-0.2, -0.15) is 0 Å². The average molecular weight is 1270 g/mol. The maximum Gasteiger partial charge on any atom is 0.447 e. The molecule has 4 aliphatic rings. The number of aryl methyl sites for hydroxylation is 12. The maximum absolute atomic E-state index is 6.17. The third-order valence-electron chi connectivity index (χ3n) is 19.3. The highest BCUT2D eigenvalue weighted by molar-refractivity contribution is 6.78. The van der Waals surface area contributed by atoms with Gasteiger partial charge in [-0.15, -0.1) is 0 Å². The van der Waals surface area contributed by atoms with E-state index in [4.69, 9.17) is 17.7 Å². The van der Waals surface area contributed by atoms with Crippen molar-refractivity contribution >= 4 is 142 Å². The zero-order valence-corrected chi connectivity index (χ0v) is 59.2. The molecule has 16 rings (SSSR count). The van der Waals surface area contributed by atoms with E-state index in [-0.39, 0.29) is 27.4 Å². The Labute approximate surface area is 564 Å². The molecule has 0 spiro atoms. The lowest BCUT2D eigenvalue weighted by atomic mass is 9.57. The first-order chi connectivity index (χ1) is 45.8. The van der Waals surface area contributed by atoms with Crippen molar-refractivity contribution in [3.05, 3.63) is 212 Å². The molecule has 12 aromatic heterocycles. The maximum atomic E-state index is 6.17. The Bertz CT molecular complexity index is 5250. The smallest absolute Gasteiger partial charge is 0.447 e. The van der Waals surface area contributed by atoms with Crippen molar-refractivity contribution in [1.29, 1.82) is 0 Å². The molecule has 96 heavy (non-hydrogen) atoms. The lowest BCUT2D eigenvalue weighted by molar-refractivity contribution is -0.658. The molecule has 20 heteroatoms. The lowest BCUT2D eigenvalue weighted by Crippen LogP contribution is -2.52. The zero-order chi connectivity index (χ0) is 68.0. The predicted molar refractivity (Wildman–Crippen MR) is 394 cm³/mol. The molecule has 0 atom stereocenters. The van der Waals surface area contributed by atoms with E-state index in [0.717, 1.165) is 130 Å². The Kier molecular flexibility index (Phi) is 16.9. The fourth-order valence-corrected chi connectivity index (χ4v) is 14.3. The molecule has 0 aromatic carbocycles. The standard InChI is InChI=1S/C20H23BN3O.2C19H21BN3O.C18H19BN3O/c1-12-9-18(23(6)11-13(12)2)24-15(4)10-17-16-8-7-14(3)22-20(16)25-19(17)21(24)5;1-12-6-9-17(22(5)11-12)23-14(3)10-16-15-8-7-13(2)21-19(15)24-18(16)20(23)4;1-12-8-9-22(5)17(10-12)23-14(3)11-16-15-7-6-13(2)21-19(15)24-18(16)20(23)4;1-12-8-9-14-15-11-13(2)22(16-7-5-6-10-21(16)4)19(3)17(15)23-18(14)20-12/h7-11H,1-6H3;2*6-11H,1-5H3;5-11H,1-4H3/q4*+1. The van der Waals surface area contributed by atoms with Crippen molar-refractivity contribution in [2.45, 2.75) is 110 Å². The summed E-state index contributed by atoms with van der Waals surface area (Å²) >= 11 is 0. The third-order valence-corrected chi connectivity index (χ3v) is 19.3. The summed E-state index contributed by atoms with van der Waals surface area (Å²) in [5.74, 6) is 4.62. The lowest BCUT2D eigenvalue weighted by Gasteiger charge is -2.26. The summed E-state index contributed by atoms with van der Waals surface area (Å²) in [4.78, 5) is 27.5. The van der Waals surface area contributed by atoms with Gasteiger partial charge in [-0.05, 0) is 224 Å². The van der Waals surface area contributed by atoms with Gasteiger partial charge >= 0.3 is 27.4 Å². The fraction of sp³-hybridized carbons (Fsp3) is 0.263. The fourth-order valence-electron chi connectivity index (χ4n) is 14.3. The molecule has 0 unspecified atom stereocenters. The Morgan fingerprint density at radius 2 is 0.667 bits per heavy atom. The molecule has 0 radical (unpaired) electrons. The van der Waals surface area contributed by atoms with Gasteiger partial charge in [0, 0.05) is 90.8 Å². The molecule has 0 fully saturated rings. The van der Waals surface area contributed by atoms with Gasteiger partial charge in [0.05, 0.1) is 75.8 Å². The Hall–Kier alpha value is -10.2. The minimum Gasteiger partial charge on any atom is -0.447 e. The van der Waals surface area contributed by atoms with Gasteiger partial charge in [0.1, 0.15) is 22.6 Å². The molecule has 0 amide bonds. The topological polar surface area (TPSA) is 133 Å². The molecule has 12 aromatic rings. The van der Waals surface area contributed by atoms with E-state index in [0.29, 0.717) is 0 Å². The van der Waals surface area contributed by atoms with Crippen LogP contribution in [0.5, 0.6) is 0 Å². The number of rotatable bonds is 4. The van der Waals surface area contributed by atoms with Crippen LogP contribution in [0.1, 0.15) is 95.0 Å². The van der Waals surface area contributed by atoms with E-state index in [2.05, 4.69) is 284 Å². The van der Waals surface area contributed by atoms with E-state index in [1.165, 1.54) is 50.9 Å². The van der Waals surface area contributed by atoms with Crippen LogP contribution in [0.4, 0.5) is 23.3 Å². The first-order valence-corrected chi connectivity index (χ1v) is 33.2. The number of furan rings is 4. The van der Waals surface area contributed by atoms with Crippen molar-refractivity contribution in [3.63, 3.8) is 0 Å². The van der Waals surface area contributed by atoms with E-state index >= 15 is 0 Å². The average Bonchev–Trinajstić information content (AvgIpc) is 1.58. The molecule has 0 N–H and O–H groups in total. The second kappa shape index (κ2) is 25.2. The van der Waals surface area contributed by atoms with E-state index in [1.54, 1.807) is 0 Å². The number of anilines is 4. The molecule has 16 nitrogen and oxygen atoms in total. The van der Waals surface area contributed by atoms with Gasteiger partial charge in [-0.1, -0.05) is 6.07 Å². The third kappa shape index (κ3) is 11.6. The molecular weight excluding hydrogens is 1190 g/mol. The van der Waals surface area contributed by atoms with Crippen molar-refractivity contribution in [2.24, 2.45) is 28.2 Å². The Morgan fingerprint density at radius 3 is 1.04 bits per heavy atom. The highest BCUT2D eigenvalue weighted by Gasteiger charge is 2.45. The molecule has 16 heterocycles. The summed E-state index contributed by atoms with van der Waals surface area (Å²) in [5.41, 5.74) is 25.3. The van der Waals surface area contributed by atoms with Gasteiger partial charge in [0.2, 0.25) is 22.9 Å². The molecule has 4 aliphatic heterocycles. The second-order valence-electron chi connectivity index (χ2n) is 26.7. The van der Waals surface area contributed by atoms with Crippen molar-refractivity contribution in [1.82, 2.24) is 19.9 Å². The van der Waals surface area contributed by atoms with Crippen LogP contribution >= 0.6 is 0 Å². The van der Waals surface area contributed by atoms with Crippen LogP contribution in [0.3, 0.4) is 0 Å². The number of hydrogen-bond acceptors (Lipinski definition) is 12. The summed E-state index contributed by atoms with van der Waals surface area (Å²) in [6, 6.07) is 33.7. The monoisotopic (exact) mass is 1270 g/mol. The van der Waals surface area contributed by atoms with Gasteiger partial charge in [0.15, 0.2) is 0 Å². The first-order valence-electron chi connectivity index (χ1n) is 33.2. The van der Waals surface area contributed by atoms with Gasteiger partial charge in [-0.3, -0.25) is 19.2 Å². The summed E-state index contributed by atoms with van der Waals surface area (Å²) < 4.78 is 33.2. The van der Waals surface area contributed by atoms with Gasteiger partial charge in [0.25, 0.3) is 23.3 Å². The summed E-state index contributed by atoms with van der Waals surface area (Å²) in [6.07, 6.45) is 17.3. The van der Waals surface area contributed by atoms with Crippen LogP contribution in [-0.2, 0) is 28.2 Å². The molecular formula is C76H84B4N12O4+4. The molecule has 0 bridgehead atoms.